The topological polar surface area (TPSA) is 68.5 Å². The van der Waals surface area contributed by atoms with Gasteiger partial charge in [-0.25, -0.2) is 4.52 Å². The van der Waals surface area contributed by atoms with E-state index in [-0.39, 0.29) is 11.9 Å². The minimum atomic E-state index is -0.202. The molecule has 1 N–H and O–H groups in total. The van der Waals surface area contributed by atoms with Crippen LogP contribution < -0.4 is 10.1 Å². The molecular formula is C21H18N4O2. The first-order valence-corrected chi connectivity index (χ1v) is 8.59. The summed E-state index contributed by atoms with van der Waals surface area (Å²) in [6.45, 7) is 1.96. The molecule has 27 heavy (non-hydrogen) atoms. The first-order chi connectivity index (χ1) is 13.2. The van der Waals surface area contributed by atoms with Gasteiger partial charge >= 0.3 is 0 Å². The van der Waals surface area contributed by atoms with Crippen molar-refractivity contribution in [2.24, 2.45) is 0 Å². The monoisotopic (exact) mass is 358 g/mol. The van der Waals surface area contributed by atoms with Crippen molar-refractivity contribution in [2.45, 2.75) is 13.5 Å². The number of aromatic nitrogens is 3. The van der Waals surface area contributed by atoms with E-state index in [1.165, 1.54) is 6.92 Å². The summed E-state index contributed by atoms with van der Waals surface area (Å²) < 4.78 is 7.49. The summed E-state index contributed by atoms with van der Waals surface area (Å²) in [6, 6.07) is 21.8. The zero-order chi connectivity index (χ0) is 18.6. The lowest BCUT2D eigenvalue weighted by Gasteiger charge is -2.08. The number of ether oxygens (including phenoxy) is 1. The third kappa shape index (κ3) is 3.79. The van der Waals surface area contributed by atoms with Crippen molar-refractivity contribution in [3.05, 3.63) is 78.5 Å². The smallest absolute Gasteiger partial charge is 0.249 e. The molecule has 0 spiro atoms. The number of nitrogens with one attached hydrogen (secondary N) is 1. The summed E-state index contributed by atoms with van der Waals surface area (Å²) in [6.07, 6.45) is 1.80. The van der Waals surface area contributed by atoms with Crippen molar-refractivity contribution in [2.75, 3.05) is 5.32 Å². The van der Waals surface area contributed by atoms with Gasteiger partial charge in [0.2, 0.25) is 11.9 Å². The van der Waals surface area contributed by atoms with Crippen molar-refractivity contribution >= 4 is 17.5 Å². The Bertz CT molecular complexity index is 1070. The molecule has 2 heterocycles. The number of carbonyl (C=O) groups excluding carboxylic acids is 1. The van der Waals surface area contributed by atoms with E-state index < -0.39 is 0 Å². The zero-order valence-corrected chi connectivity index (χ0v) is 14.8. The van der Waals surface area contributed by atoms with Crippen LogP contribution in [0.5, 0.6) is 5.75 Å². The lowest BCUT2D eigenvalue weighted by Crippen LogP contribution is -2.07. The van der Waals surface area contributed by atoms with Crippen LogP contribution in [0.1, 0.15) is 12.5 Å². The fourth-order valence-electron chi connectivity index (χ4n) is 2.81. The molecule has 4 aromatic rings. The van der Waals surface area contributed by atoms with Crippen LogP contribution in [0.2, 0.25) is 0 Å². The molecule has 134 valence electrons. The molecule has 0 aliphatic heterocycles. The van der Waals surface area contributed by atoms with Crippen LogP contribution in [0, 0.1) is 0 Å². The molecule has 0 saturated carbocycles. The minimum absolute atomic E-state index is 0.202. The van der Waals surface area contributed by atoms with E-state index >= 15 is 0 Å². The average Bonchev–Trinajstić information content (AvgIpc) is 3.09. The highest BCUT2D eigenvalue weighted by molar-refractivity contribution is 5.87. The zero-order valence-electron chi connectivity index (χ0n) is 14.8. The third-order valence-corrected chi connectivity index (χ3v) is 4.06. The van der Waals surface area contributed by atoms with Crippen LogP contribution in [0.4, 0.5) is 5.95 Å². The van der Waals surface area contributed by atoms with E-state index in [1.54, 1.807) is 10.7 Å². The number of fused-ring (bicyclic) bond motifs is 1. The number of rotatable bonds is 5. The van der Waals surface area contributed by atoms with E-state index in [2.05, 4.69) is 15.4 Å². The quantitative estimate of drug-likeness (QED) is 0.587. The fraction of sp³-hybridized carbons (Fsp3) is 0.0952. The number of hydrogen-bond donors (Lipinski definition) is 1. The molecule has 0 fully saturated rings. The van der Waals surface area contributed by atoms with Crippen LogP contribution in [0.25, 0.3) is 16.8 Å². The number of nitrogens with zero attached hydrogens (tertiary/aromatic N) is 3. The second kappa shape index (κ2) is 7.29. The molecule has 0 radical (unpaired) electrons. The Morgan fingerprint density at radius 3 is 2.56 bits per heavy atom. The first kappa shape index (κ1) is 16.8. The molecule has 6 heteroatoms. The van der Waals surface area contributed by atoms with Crippen molar-refractivity contribution in [3.8, 4) is 16.9 Å². The second-order valence-corrected chi connectivity index (χ2v) is 6.11. The number of carbonyl (C=O) groups is 1. The lowest BCUT2D eigenvalue weighted by molar-refractivity contribution is -0.114. The number of anilines is 1. The predicted molar refractivity (Wildman–Crippen MR) is 104 cm³/mol. The Hall–Kier alpha value is -3.67. The molecule has 6 nitrogen and oxygen atoms in total. The van der Waals surface area contributed by atoms with Crippen LogP contribution in [-0.2, 0) is 11.4 Å². The first-order valence-electron chi connectivity index (χ1n) is 8.59. The minimum Gasteiger partial charge on any atom is -0.489 e. The maximum Gasteiger partial charge on any atom is 0.249 e. The predicted octanol–water partition coefficient (Wildman–Crippen LogP) is 3.93. The molecule has 2 aromatic heterocycles. The highest BCUT2D eigenvalue weighted by Gasteiger charge is 2.10. The van der Waals surface area contributed by atoms with E-state index in [0.717, 1.165) is 22.4 Å². The molecule has 0 saturated heterocycles. The van der Waals surface area contributed by atoms with Crippen molar-refractivity contribution < 1.29 is 9.53 Å². The third-order valence-electron chi connectivity index (χ3n) is 4.06. The molecule has 0 aliphatic carbocycles. The SMILES string of the molecule is CC(=O)Nc1nc2c(-c3ccc(OCc4ccccc4)cc3)cccn2n1. The molecule has 0 atom stereocenters. The Labute approximate surface area is 156 Å². The number of hydrogen-bond acceptors (Lipinski definition) is 4. The molecule has 1 amide bonds. The van der Waals surface area contributed by atoms with Gasteiger partial charge in [0.05, 0.1) is 0 Å². The van der Waals surface area contributed by atoms with Gasteiger partial charge in [-0.3, -0.25) is 10.1 Å². The largest absolute Gasteiger partial charge is 0.489 e. The maximum absolute atomic E-state index is 11.2. The number of benzene rings is 2. The second-order valence-electron chi connectivity index (χ2n) is 6.11. The molecule has 0 unspecified atom stereocenters. The fourth-order valence-corrected chi connectivity index (χ4v) is 2.81. The standard InChI is InChI=1S/C21H18N4O2/c1-15(26)22-21-23-20-19(8-5-13-25(20)24-21)17-9-11-18(12-10-17)27-14-16-6-3-2-4-7-16/h2-13H,14H2,1H3,(H,22,24,26). The highest BCUT2D eigenvalue weighted by Crippen LogP contribution is 2.26. The summed E-state index contributed by atoms with van der Waals surface area (Å²) in [7, 11) is 0. The van der Waals surface area contributed by atoms with Gasteiger partial charge in [0.1, 0.15) is 12.4 Å². The van der Waals surface area contributed by atoms with Gasteiger partial charge in [-0.15, -0.1) is 5.10 Å². The van der Waals surface area contributed by atoms with Crippen LogP contribution >= 0.6 is 0 Å². The molecule has 2 aromatic carbocycles. The van der Waals surface area contributed by atoms with Gasteiger partial charge in [0.25, 0.3) is 0 Å². The van der Waals surface area contributed by atoms with E-state index in [4.69, 9.17) is 4.74 Å². The summed E-state index contributed by atoms with van der Waals surface area (Å²) in [5.41, 5.74) is 3.73. The van der Waals surface area contributed by atoms with Crippen LogP contribution in [0.15, 0.2) is 72.9 Å². The van der Waals surface area contributed by atoms with Gasteiger partial charge in [0.15, 0.2) is 5.65 Å². The summed E-state index contributed by atoms with van der Waals surface area (Å²) in [5, 5.41) is 6.88. The number of amides is 1. The molecular weight excluding hydrogens is 340 g/mol. The van der Waals surface area contributed by atoms with Crippen molar-refractivity contribution in [1.29, 1.82) is 0 Å². The Morgan fingerprint density at radius 1 is 1.04 bits per heavy atom. The van der Waals surface area contributed by atoms with Gasteiger partial charge in [0, 0.05) is 18.7 Å². The van der Waals surface area contributed by atoms with E-state index in [0.29, 0.717) is 12.3 Å². The molecule has 0 aliphatic rings. The van der Waals surface area contributed by atoms with Gasteiger partial charge in [-0.2, -0.15) is 4.98 Å². The summed E-state index contributed by atoms with van der Waals surface area (Å²) in [4.78, 5) is 15.6. The Kier molecular flexibility index (Phi) is 4.53. The lowest BCUT2D eigenvalue weighted by atomic mass is 10.1. The van der Waals surface area contributed by atoms with Gasteiger partial charge in [-0.1, -0.05) is 42.5 Å². The van der Waals surface area contributed by atoms with E-state index in [1.807, 2.05) is 66.7 Å². The van der Waals surface area contributed by atoms with Crippen LogP contribution in [-0.4, -0.2) is 20.5 Å². The molecule has 4 rings (SSSR count). The summed E-state index contributed by atoms with van der Waals surface area (Å²) in [5.74, 6) is 0.889. The van der Waals surface area contributed by atoms with Gasteiger partial charge in [-0.05, 0) is 35.4 Å². The number of pyridine rings is 1. The highest BCUT2D eigenvalue weighted by atomic mass is 16.5. The normalized spacial score (nSPS) is 10.7. The Morgan fingerprint density at radius 2 is 1.81 bits per heavy atom. The average molecular weight is 358 g/mol. The maximum atomic E-state index is 11.2. The molecule has 0 bridgehead atoms. The van der Waals surface area contributed by atoms with Gasteiger partial charge < -0.3 is 4.74 Å². The Balaban J connectivity index is 1.56. The summed E-state index contributed by atoms with van der Waals surface area (Å²) >= 11 is 0. The van der Waals surface area contributed by atoms with Crippen molar-refractivity contribution in [3.63, 3.8) is 0 Å². The van der Waals surface area contributed by atoms with E-state index in [9.17, 15) is 4.79 Å². The van der Waals surface area contributed by atoms with Crippen LogP contribution in [0.3, 0.4) is 0 Å². The van der Waals surface area contributed by atoms with Crippen molar-refractivity contribution in [1.82, 2.24) is 14.6 Å².